The van der Waals surface area contributed by atoms with Crippen LogP contribution in [0, 0.1) is 16.0 Å². The molecule has 1 aromatic carbocycles. The number of nitro benzene ring substituents is 1. The minimum absolute atomic E-state index is 0.0396. The fourth-order valence-corrected chi connectivity index (χ4v) is 4.11. The van der Waals surface area contributed by atoms with Gasteiger partial charge in [0.25, 0.3) is 5.69 Å². The van der Waals surface area contributed by atoms with E-state index < -0.39 is 14.9 Å². The number of rotatable bonds is 9. The molecule has 1 rings (SSSR count). The molecule has 0 aliphatic heterocycles. The lowest BCUT2D eigenvalue weighted by atomic mass is 10.1. The zero-order valence-corrected chi connectivity index (χ0v) is 15.8. The van der Waals surface area contributed by atoms with Gasteiger partial charge in [0.05, 0.1) is 9.82 Å². The normalized spacial score (nSPS) is 12.0. The molecule has 8 heteroatoms. The van der Waals surface area contributed by atoms with Crippen molar-refractivity contribution in [3.05, 3.63) is 28.3 Å². The van der Waals surface area contributed by atoms with Crippen LogP contribution in [0.15, 0.2) is 23.1 Å². The summed E-state index contributed by atoms with van der Waals surface area (Å²) in [7, 11) is -3.72. The highest BCUT2D eigenvalue weighted by Crippen LogP contribution is 2.32. The molecule has 0 fully saturated rings. The lowest BCUT2D eigenvalue weighted by Gasteiger charge is -2.25. The quantitative estimate of drug-likeness (QED) is 0.501. The lowest BCUT2D eigenvalue weighted by molar-refractivity contribution is -0.384. The molecular formula is C16H27N3O4S. The summed E-state index contributed by atoms with van der Waals surface area (Å²) in [5.74, 6) is 0.337. The maximum Gasteiger partial charge on any atom is 0.293 e. The SMILES string of the molecule is CCN(CC(C)C)c1ccc(S(=O)(=O)N(CC)CC)cc1[N+](=O)[O-]. The summed E-state index contributed by atoms with van der Waals surface area (Å²) in [6.07, 6.45) is 0. The molecule has 136 valence electrons. The smallest absolute Gasteiger partial charge is 0.293 e. The number of nitro groups is 1. The summed E-state index contributed by atoms with van der Waals surface area (Å²) in [6, 6.07) is 4.17. The standard InChI is InChI=1S/C16H27N3O4S/c1-6-17(12-13(4)5)15-10-9-14(11-16(15)19(20)21)24(22,23)18(7-2)8-3/h9-11,13H,6-8,12H2,1-5H3. The monoisotopic (exact) mass is 357 g/mol. The number of sulfonamides is 1. The fraction of sp³-hybridized carbons (Fsp3) is 0.625. The third kappa shape index (κ3) is 4.45. The van der Waals surface area contributed by atoms with Crippen molar-refractivity contribution in [3.63, 3.8) is 0 Å². The summed E-state index contributed by atoms with van der Waals surface area (Å²) < 4.78 is 26.5. The van der Waals surface area contributed by atoms with Crippen LogP contribution in [0.1, 0.15) is 34.6 Å². The second-order valence-electron chi connectivity index (χ2n) is 5.93. The Morgan fingerprint density at radius 1 is 1.12 bits per heavy atom. The molecule has 0 radical (unpaired) electrons. The van der Waals surface area contributed by atoms with Crippen LogP contribution in [0.3, 0.4) is 0 Å². The van der Waals surface area contributed by atoms with E-state index in [2.05, 4.69) is 0 Å². The van der Waals surface area contributed by atoms with Gasteiger partial charge in [-0.3, -0.25) is 10.1 Å². The number of anilines is 1. The van der Waals surface area contributed by atoms with Crippen LogP contribution >= 0.6 is 0 Å². The molecule has 0 aliphatic carbocycles. The van der Waals surface area contributed by atoms with Crippen molar-refractivity contribution in [3.8, 4) is 0 Å². The number of hydrogen-bond acceptors (Lipinski definition) is 5. The van der Waals surface area contributed by atoms with Gasteiger partial charge in [-0.1, -0.05) is 27.7 Å². The summed E-state index contributed by atoms with van der Waals surface area (Å²) in [5.41, 5.74) is 0.278. The molecule has 0 heterocycles. The summed E-state index contributed by atoms with van der Waals surface area (Å²) in [5, 5.41) is 11.5. The Bertz CT molecular complexity index is 670. The van der Waals surface area contributed by atoms with E-state index in [0.29, 0.717) is 37.8 Å². The van der Waals surface area contributed by atoms with Gasteiger partial charge >= 0.3 is 0 Å². The van der Waals surface area contributed by atoms with Crippen LogP contribution in [0.5, 0.6) is 0 Å². The molecule has 0 saturated carbocycles. The average molecular weight is 357 g/mol. The minimum atomic E-state index is -3.72. The fourth-order valence-electron chi connectivity index (χ4n) is 2.63. The van der Waals surface area contributed by atoms with Crippen LogP contribution in [0.4, 0.5) is 11.4 Å². The molecule has 1 aromatic rings. The first-order chi connectivity index (χ1) is 11.2. The van der Waals surface area contributed by atoms with Gasteiger partial charge in [-0.05, 0) is 25.0 Å². The van der Waals surface area contributed by atoms with Gasteiger partial charge in [0, 0.05) is 32.2 Å². The first-order valence-electron chi connectivity index (χ1n) is 8.22. The molecule has 0 N–H and O–H groups in total. The Labute approximate surface area is 144 Å². The van der Waals surface area contributed by atoms with Gasteiger partial charge < -0.3 is 4.90 Å². The van der Waals surface area contributed by atoms with E-state index in [1.807, 2.05) is 25.7 Å². The first kappa shape index (κ1) is 20.4. The van der Waals surface area contributed by atoms with Crippen molar-refractivity contribution in [2.45, 2.75) is 39.5 Å². The van der Waals surface area contributed by atoms with E-state index in [0.717, 1.165) is 0 Å². The highest BCUT2D eigenvalue weighted by molar-refractivity contribution is 7.89. The van der Waals surface area contributed by atoms with Crippen LogP contribution in [0.25, 0.3) is 0 Å². The molecule has 0 aliphatic rings. The van der Waals surface area contributed by atoms with Crippen molar-refractivity contribution < 1.29 is 13.3 Å². The largest absolute Gasteiger partial charge is 0.366 e. The molecule has 0 spiro atoms. The van der Waals surface area contributed by atoms with E-state index in [1.165, 1.54) is 16.4 Å². The first-order valence-corrected chi connectivity index (χ1v) is 9.66. The predicted molar refractivity (Wildman–Crippen MR) is 95.9 cm³/mol. The molecule has 0 aromatic heterocycles. The van der Waals surface area contributed by atoms with E-state index >= 15 is 0 Å². The summed E-state index contributed by atoms with van der Waals surface area (Å²) >= 11 is 0. The molecule has 7 nitrogen and oxygen atoms in total. The van der Waals surface area contributed by atoms with Crippen LogP contribution in [-0.2, 0) is 10.0 Å². The van der Waals surface area contributed by atoms with Gasteiger partial charge in [0.2, 0.25) is 10.0 Å². The van der Waals surface area contributed by atoms with Crippen LogP contribution < -0.4 is 4.90 Å². The van der Waals surface area contributed by atoms with Crippen molar-refractivity contribution >= 4 is 21.4 Å². The zero-order chi connectivity index (χ0) is 18.5. The van der Waals surface area contributed by atoms with Crippen molar-refractivity contribution in [1.29, 1.82) is 0 Å². The maximum atomic E-state index is 12.6. The Kier molecular flexibility index (Phi) is 7.16. The van der Waals surface area contributed by atoms with Crippen LogP contribution in [0.2, 0.25) is 0 Å². The van der Waals surface area contributed by atoms with Gasteiger partial charge in [-0.2, -0.15) is 4.31 Å². The van der Waals surface area contributed by atoms with Gasteiger partial charge in [-0.25, -0.2) is 8.42 Å². The van der Waals surface area contributed by atoms with E-state index in [-0.39, 0.29) is 10.6 Å². The Morgan fingerprint density at radius 2 is 1.71 bits per heavy atom. The molecule has 24 heavy (non-hydrogen) atoms. The Hall–Kier alpha value is -1.67. The molecule has 0 amide bonds. The lowest BCUT2D eigenvalue weighted by Crippen LogP contribution is -2.31. The highest BCUT2D eigenvalue weighted by atomic mass is 32.2. The summed E-state index contributed by atoms with van der Waals surface area (Å²) in [6.45, 7) is 11.4. The van der Waals surface area contributed by atoms with Gasteiger partial charge in [0.15, 0.2) is 0 Å². The maximum absolute atomic E-state index is 12.6. The second-order valence-corrected chi connectivity index (χ2v) is 7.87. The van der Waals surface area contributed by atoms with Crippen molar-refractivity contribution in [2.75, 3.05) is 31.1 Å². The molecule has 0 saturated heterocycles. The van der Waals surface area contributed by atoms with Crippen molar-refractivity contribution in [1.82, 2.24) is 4.31 Å². The number of hydrogen-bond donors (Lipinski definition) is 0. The molecule has 0 bridgehead atoms. The van der Waals surface area contributed by atoms with Gasteiger partial charge in [-0.15, -0.1) is 0 Å². The number of nitrogens with zero attached hydrogens (tertiary/aromatic N) is 3. The third-order valence-electron chi connectivity index (χ3n) is 3.79. The predicted octanol–water partition coefficient (Wildman–Crippen LogP) is 3.11. The molecular weight excluding hydrogens is 330 g/mol. The van der Waals surface area contributed by atoms with E-state index in [9.17, 15) is 18.5 Å². The second kappa shape index (κ2) is 8.43. The topological polar surface area (TPSA) is 83.8 Å². The Balaban J connectivity index is 3.42. The van der Waals surface area contributed by atoms with Gasteiger partial charge in [0.1, 0.15) is 5.69 Å². The van der Waals surface area contributed by atoms with Crippen LogP contribution in [-0.4, -0.2) is 43.8 Å². The average Bonchev–Trinajstić information content (AvgIpc) is 2.52. The Morgan fingerprint density at radius 3 is 2.12 bits per heavy atom. The molecule has 0 unspecified atom stereocenters. The highest BCUT2D eigenvalue weighted by Gasteiger charge is 2.27. The minimum Gasteiger partial charge on any atom is -0.366 e. The zero-order valence-electron chi connectivity index (χ0n) is 15.0. The van der Waals surface area contributed by atoms with E-state index in [4.69, 9.17) is 0 Å². The summed E-state index contributed by atoms with van der Waals surface area (Å²) in [4.78, 5) is 12.8. The molecule has 0 atom stereocenters. The van der Waals surface area contributed by atoms with Crippen molar-refractivity contribution in [2.24, 2.45) is 5.92 Å². The number of benzene rings is 1. The van der Waals surface area contributed by atoms with E-state index in [1.54, 1.807) is 19.9 Å². The third-order valence-corrected chi connectivity index (χ3v) is 5.84.